The molecular weight excluding hydrogens is 186 g/mol. The van der Waals surface area contributed by atoms with Crippen LogP contribution in [0.2, 0.25) is 0 Å². The summed E-state index contributed by atoms with van der Waals surface area (Å²) >= 11 is 0. The van der Waals surface area contributed by atoms with Crippen LogP contribution in [0.25, 0.3) is 0 Å². The summed E-state index contributed by atoms with van der Waals surface area (Å²) in [6.07, 6.45) is 3.56. The van der Waals surface area contributed by atoms with Crippen LogP contribution in [0.15, 0.2) is 0 Å². The van der Waals surface area contributed by atoms with Gasteiger partial charge in [0.2, 0.25) is 5.91 Å². The molecule has 0 spiro atoms. The van der Waals surface area contributed by atoms with E-state index in [2.05, 4.69) is 10.1 Å². The topological polar surface area (TPSA) is 75.6 Å². The fraction of sp³-hybridized carbons (Fsp3) is 0.778. The van der Waals surface area contributed by atoms with Crippen molar-refractivity contribution in [3.05, 3.63) is 0 Å². The maximum absolute atomic E-state index is 11.0. The molecule has 0 unspecified atom stereocenters. The summed E-state index contributed by atoms with van der Waals surface area (Å²) < 4.78 is 4.62. The number of carboxylic acids is 1. The van der Waals surface area contributed by atoms with Crippen molar-refractivity contribution in [2.45, 2.75) is 19.3 Å². The first kappa shape index (κ1) is 11.0. The molecule has 0 aliphatic heterocycles. The molecule has 0 heterocycles. The summed E-state index contributed by atoms with van der Waals surface area (Å²) in [5, 5.41) is 10.9. The second kappa shape index (κ2) is 5.59. The van der Waals surface area contributed by atoms with E-state index in [0.717, 1.165) is 12.3 Å². The summed E-state index contributed by atoms with van der Waals surface area (Å²) in [7, 11) is 0. The zero-order chi connectivity index (χ0) is 10.4. The molecule has 0 bridgehead atoms. The van der Waals surface area contributed by atoms with Crippen molar-refractivity contribution in [2.24, 2.45) is 5.92 Å². The summed E-state index contributed by atoms with van der Waals surface area (Å²) in [5.74, 6) is -0.516. The fourth-order valence-corrected chi connectivity index (χ4v) is 1.10. The maximum Gasteiger partial charge on any atom is 0.329 e. The molecule has 1 fully saturated rings. The van der Waals surface area contributed by atoms with Crippen molar-refractivity contribution in [1.82, 2.24) is 5.32 Å². The first-order chi connectivity index (χ1) is 6.68. The zero-order valence-electron chi connectivity index (χ0n) is 7.99. The molecule has 0 saturated heterocycles. The van der Waals surface area contributed by atoms with Crippen LogP contribution < -0.4 is 5.32 Å². The Bertz CT molecular complexity index is 213. The van der Waals surface area contributed by atoms with Crippen LogP contribution in [0.3, 0.4) is 0 Å². The number of amides is 1. The van der Waals surface area contributed by atoms with Crippen molar-refractivity contribution in [2.75, 3.05) is 19.8 Å². The number of nitrogens with one attached hydrogen (secondary N) is 1. The lowest BCUT2D eigenvalue weighted by atomic mass is 10.3. The Labute approximate surface area is 82.4 Å². The van der Waals surface area contributed by atoms with Gasteiger partial charge in [-0.2, -0.15) is 0 Å². The van der Waals surface area contributed by atoms with Gasteiger partial charge in [-0.3, -0.25) is 4.79 Å². The largest absolute Gasteiger partial charge is 0.480 e. The number of carbonyl (C=O) groups is 2. The lowest BCUT2D eigenvalue weighted by Crippen LogP contribution is -2.29. The number of ether oxygens (including phenoxy) is 1. The average Bonchev–Trinajstić information content (AvgIpc) is 2.87. The lowest BCUT2D eigenvalue weighted by Gasteiger charge is -2.03. The molecule has 0 atom stereocenters. The molecule has 5 heteroatoms. The van der Waals surface area contributed by atoms with E-state index in [4.69, 9.17) is 5.11 Å². The highest BCUT2D eigenvalue weighted by molar-refractivity contribution is 5.77. The Morgan fingerprint density at radius 3 is 2.64 bits per heavy atom. The highest BCUT2D eigenvalue weighted by Gasteiger charge is 2.20. The third-order valence-corrected chi connectivity index (χ3v) is 2.03. The van der Waals surface area contributed by atoms with Gasteiger partial charge in [0.05, 0.1) is 0 Å². The first-order valence-electron chi connectivity index (χ1n) is 4.74. The Morgan fingerprint density at radius 2 is 2.07 bits per heavy atom. The van der Waals surface area contributed by atoms with Crippen LogP contribution in [0.4, 0.5) is 0 Å². The highest BCUT2D eigenvalue weighted by atomic mass is 16.5. The molecule has 2 N–H and O–H groups in total. The van der Waals surface area contributed by atoms with E-state index in [1.54, 1.807) is 0 Å². The summed E-state index contributed by atoms with van der Waals surface area (Å²) in [6, 6.07) is 0. The summed E-state index contributed by atoms with van der Waals surface area (Å²) in [6.45, 7) is 0.0763. The third-order valence-electron chi connectivity index (χ3n) is 2.03. The van der Waals surface area contributed by atoms with E-state index in [9.17, 15) is 9.59 Å². The van der Waals surface area contributed by atoms with Crippen LogP contribution in [0.5, 0.6) is 0 Å². The summed E-state index contributed by atoms with van der Waals surface area (Å²) in [4.78, 5) is 21.0. The van der Waals surface area contributed by atoms with Gasteiger partial charge < -0.3 is 15.2 Å². The smallest absolute Gasteiger partial charge is 0.329 e. The molecule has 80 valence electrons. The van der Waals surface area contributed by atoms with Crippen molar-refractivity contribution >= 4 is 11.9 Å². The molecule has 0 aromatic rings. The molecule has 1 amide bonds. The van der Waals surface area contributed by atoms with Gasteiger partial charge in [-0.1, -0.05) is 12.8 Å². The van der Waals surface area contributed by atoms with Crippen LogP contribution in [0, 0.1) is 5.92 Å². The minimum atomic E-state index is -1.06. The van der Waals surface area contributed by atoms with Gasteiger partial charge in [0, 0.05) is 6.54 Å². The molecule has 1 saturated carbocycles. The minimum Gasteiger partial charge on any atom is -0.480 e. The number of hydrogen-bond donors (Lipinski definition) is 2. The van der Waals surface area contributed by atoms with Gasteiger partial charge >= 0.3 is 5.97 Å². The zero-order valence-corrected chi connectivity index (χ0v) is 7.99. The minimum absolute atomic E-state index is 0.170. The molecule has 1 rings (SSSR count). The van der Waals surface area contributed by atoms with E-state index >= 15 is 0 Å². The molecule has 0 aromatic heterocycles. The van der Waals surface area contributed by atoms with Crippen LogP contribution in [-0.4, -0.2) is 36.7 Å². The standard InChI is InChI=1S/C9H15NO4/c11-8(5-14-6-9(12)13)10-4-3-7-1-2-7/h7H,1-6H2,(H,10,11)(H,12,13). The molecule has 1 aliphatic carbocycles. The van der Waals surface area contributed by atoms with E-state index < -0.39 is 12.6 Å². The number of carbonyl (C=O) groups excluding carboxylic acids is 1. The Kier molecular flexibility index (Phi) is 4.39. The fourth-order valence-electron chi connectivity index (χ4n) is 1.10. The quantitative estimate of drug-likeness (QED) is 0.608. The monoisotopic (exact) mass is 201 g/mol. The second-order valence-corrected chi connectivity index (χ2v) is 3.47. The maximum atomic E-state index is 11.0. The Morgan fingerprint density at radius 1 is 1.36 bits per heavy atom. The van der Waals surface area contributed by atoms with Crippen molar-refractivity contribution in [3.63, 3.8) is 0 Å². The number of aliphatic carboxylic acids is 1. The predicted molar refractivity (Wildman–Crippen MR) is 48.8 cm³/mol. The van der Waals surface area contributed by atoms with Crippen LogP contribution in [0.1, 0.15) is 19.3 Å². The number of hydrogen-bond acceptors (Lipinski definition) is 3. The van der Waals surface area contributed by atoms with Gasteiger partial charge in [0.25, 0.3) is 0 Å². The predicted octanol–water partition coefficient (Wildman–Crippen LogP) is 0.00390. The van der Waals surface area contributed by atoms with E-state index in [0.29, 0.717) is 6.54 Å². The van der Waals surface area contributed by atoms with Crippen molar-refractivity contribution in [3.8, 4) is 0 Å². The Balaban J connectivity index is 1.89. The molecule has 0 aromatic carbocycles. The molecule has 5 nitrogen and oxygen atoms in total. The number of carboxylic acid groups (broad SMARTS) is 1. The van der Waals surface area contributed by atoms with E-state index in [-0.39, 0.29) is 12.5 Å². The lowest BCUT2D eigenvalue weighted by molar-refractivity contribution is -0.143. The van der Waals surface area contributed by atoms with Crippen LogP contribution in [-0.2, 0) is 14.3 Å². The van der Waals surface area contributed by atoms with E-state index in [1.807, 2.05) is 0 Å². The van der Waals surface area contributed by atoms with Gasteiger partial charge in [0.15, 0.2) is 0 Å². The van der Waals surface area contributed by atoms with Gasteiger partial charge in [-0.15, -0.1) is 0 Å². The molecule has 14 heavy (non-hydrogen) atoms. The number of rotatable bonds is 7. The van der Waals surface area contributed by atoms with Gasteiger partial charge in [-0.05, 0) is 12.3 Å². The second-order valence-electron chi connectivity index (χ2n) is 3.47. The molecule has 1 aliphatic rings. The SMILES string of the molecule is O=C(O)COCC(=O)NCCC1CC1. The Hall–Kier alpha value is -1.10. The normalized spacial score (nSPS) is 15.1. The van der Waals surface area contributed by atoms with Gasteiger partial charge in [0.1, 0.15) is 13.2 Å². The summed E-state index contributed by atoms with van der Waals surface area (Å²) in [5.41, 5.74) is 0. The van der Waals surface area contributed by atoms with Crippen molar-refractivity contribution < 1.29 is 19.4 Å². The molecule has 0 radical (unpaired) electrons. The third kappa shape index (κ3) is 5.53. The molecular formula is C9H15NO4. The average molecular weight is 201 g/mol. The highest BCUT2D eigenvalue weighted by Crippen LogP contribution is 2.31. The first-order valence-corrected chi connectivity index (χ1v) is 4.74. The van der Waals surface area contributed by atoms with Crippen molar-refractivity contribution in [1.29, 1.82) is 0 Å². The van der Waals surface area contributed by atoms with Crippen LogP contribution >= 0.6 is 0 Å². The van der Waals surface area contributed by atoms with Gasteiger partial charge in [-0.25, -0.2) is 4.79 Å². The van der Waals surface area contributed by atoms with E-state index in [1.165, 1.54) is 12.8 Å².